The summed E-state index contributed by atoms with van der Waals surface area (Å²) in [6, 6.07) is 6.49. The van der Waals surface area contributed by atoms with Crippen LogP contribution in [-0.4, -0.2) is 9.55 Å². The lowest BCUT2D eigenvalue weighted by atomic mass is 10.1. The highest BCUT2D eigenvalue weighted by Gasteiger charge is 2.25. The van der Waals surface area contributed by atoms with Crippen molar-refractivity contribution in [3.63, 3.8) is 0 Å². The molecule has 0 radical (unpaired) electrons. The normalized spacial score (nSPS) is 15.5. The summed E-state index contributed by atoms with van der Waals surface area (Å²) < 4.78 is 3.27. The molecule has 1 heterocycles. The number of aromatic nitrogens is 2. The van der Waals surface area contributed by atoms with Crippen LogP contribution in [0.15, 0.2) is 41.4 Å². The number of benzene rings is 1. The van der Waals surface area contributed by atoms with E-state index < -0.39 is 0 Å². The minimum atomic E-state index is 0.767. The zero-order valence-electron chi connectivity index (χ0n) is 8.23. The van der Waals surface area contributed by atoms with Gasteiger partial charge in [-0.25, -0.2) is 4.98 Å². The van der Waals surface area contributed by atoms with E-state index in [0.29, 0.717) is 0 Å². The van der Waals surface area contributed by atoms with Crippen LogP contribution in [0.4, 0.5) is 0 Å². The molecule has 3 rings (SSSR count). The molecule has 15 heavy (non-hydrogen) atoms. The average Bonchev–Trinajstić information content (AvgIpc) is 2.94. The quantitative estimate of drug-likeness (QED) is 0.810. The molecule has 3 heteroatoms. The Morgan fingerprint density at radius 3 is 2.87 bits per heavy atom. The number of halogens is 1. The maximum absolute atomic E-state index is 4.06. The van der Waals surface area contributed by atoms with Crippen LogP contribution in [0.1, 0.15) is 24.3 Å². The zero-order chi connectivity index (χ0) is 10.3. The Balaban J connectivity index is 2.06. The second-order valence-electron chi connectivity index (χ2n) is 3.95. The van der Waals surface area contributed by atoms with Crippen LogP contribution in [0, 0.1) is 0 Å². The van der Waals surface area contributed by atoms with Crippen LogP contribution in [-0.2, 0) is 0 Å². The molecule has 1 aliphatic carbocycles. The maximum Gasteiger partial charge on any atom is 0.0991 e. The Kier molecular flexibility index (Phi) is 2.13. The van der Waals surface area contributed by atoms with E-state index in [9.17, 15) is 0 Å². The number of hydrogen-bond donors (Lipinski definition) is 0. The first-order valence-electron chi connectivity index (χ1n) is 5.12. The fourth-order valence-corrected chi connectivity index (χ4v) is 2.38. The molecular formula is C12H11BrN2. The van der Waals surface area contributed by atoms with Gasteiger partial charge in [0.25, 0.3) is 0 Å². The summed E-state index contributed by atoms with van der Waals surface area (Å²) >= 11 is 3.61. The van der Waals surface area contributed by atoms with E-state index in [1.54, 1.807) is 6.20 Å². The highest BCUT2D eigenvalue weighted by molar-refractivity contribution is 9.10. The Morgan fingerprint density at radius 1 is 1.33 bits per heavy atom. The van der Waals surface area contributed by atoms with Crippen molar-refractivity contribution in [2.75, 3.05) is 0 Å². The molecule has 0 N–H and O–H groups in total. The third-order valence-electron chi connectivity index (χ3n) is 2.80. The van der Waals surface area contributed by atoms with Crippen LogP contribution in [0.2, 0.25) is 0 Å². The lowest BCUT2D eigenvalue weighted by Crippen LogP contribution is -1.92. The van der Waals surface area contributed by atoms with Crippen molar-refractivity contribution in [2.24, 2.45) is 0 Å². The second kappa shape index (κ2) is 3.49. The topological polar surface area (TPSA) is 17.8 Å². The van der Waals surface area contributed by atoms with E-state index in [1.165, 1.54) is 28.6 Å². The fourth-order valence-electron chi connectivity index (χ4n) is 1.81. The highest BCUT2D eigenvalue weighted by Crippen LogP contribution is 2.43. The number of imidazole rings is 1. The molecule has 1 saturated carbocycles. The van der Waals surface area contributed by atoms with Gasteiger partial charge in [-0.15, -0.1) is 0 Å². The molecule has 1 aromatic carbocycles. The van der Waals surface area contributed by atoms with Crippen LogP contribution >= 0.6 is 15.9 Å². The molecule has 2 nitrogen and oxygen atoms in total. The van der Waals surface area contributed by atoms with Gasteiger partial charge in [-0.3, -0.25) is 0 Å². The lowest BCUT2D eigenvalue weighted by Gasteiger charge is -2.07. The highest BCUT2D eigenvalue weighted by atomic mass is 79.9. The molecule has 1 aromatic heterocycles. The molecule has 76 valence electrons. The fraction of sp³-hybridized carbons (Fsp3) is 0.250. The smallest absolute Gasteiger partial charge is 0.0991 e. The molecule has 2 aromatic rings. The Morgan fingerprint density at radius 2 is 2.20 bits per heavy atom. The summed E-state index contributed by atoms with van der Waals surface area (Å²) in [7, 11) is 0. The van der Waals surface area contributed by atoms with Gasteiger partial charge in [-0.2, -0.15) is 0 Å². The van der Waals surface area contributed by atoms with E-state index in [1.807, 2.05) is 17.1 Å². The van der Waals surface area contributed by atoms with E-state index in [2.05, 4.69) is 39.1 Å². The van der Waals surface area contributed by atoms with Gasteiger partial charge in [-0.05, 0) is 42.5 Å². The second-order valence-corrected chi connectivity index (χ2v) is 4.80. The Hall–Kier alpha value is -1.09. The monoisotopic (exact) mass is 262 g/mol. The number of nitrogens with zero attached hydrogens (tertiary/aromatic N) is 2. The largest absolute Gasteiger partial charge is 0.306 e. The van der Waals surface area contributed by atoms with Gasteiger partial charge in [0, 0.05) is 22.6 Å². The van der Waals surface area contributed by atoms with Gasteiger partial charge in [-0.1, -0.05) is 15.9 Å². The first-order valence-corrected chi connectivity index (χ1v) is 5.91. The number of hydrogen-bond acceptors (Lipinski definition) is 1. The first-order chi connectivity index (χ1) is 7.34. The molecule has 0 unspecified atom stereocenters. The van der Waals surface area contributed by atoms with Crippen molar-refractivity contribution in [2.45, 2.75) is 18.8 Å². The molecule has 0 atom stereocenters. The molecule has 1 aliphatic rings. The average molecular weight is 263 g/mol. The third kappa shape index (κ3) is 1.72. The third-order valence-corrected chi connectivity index (χ3v) is 3.52. The van der Waals surface area contributed by atoms with Crippen molar-refractivity contribution in [3.05, 3.63) is 47.0 Å². The summed E-state index contributed by atoms with van der Waals surface area (Å²) in [4.78, 5) is 4.06. The number of rotatable bonds is 2. The first kappa shape index (κ1) is 9.16. The van der Waals surface area contributed by atoms with Crippen LogP contribution in [0.3, 0.4) is 0 Å². The van der Waals surface area contributed by atoms with E-state index >= 15 is 0 Å². The van der Waals surface area contributed by atoms with Crippen LogP contribution < -0.4 is 0 Å². The molecule has 0 bridgehead atoms. The van der Waals surface area contributed by atoms with Gasteiger partial charge in [0.2, 0.25) is 0 Å². The van der Waals surface area contributed by atoms with Gasteiger partial charge in [0.1, 0.15) is 0 Å². The predicted octanol–water partition coefficient (Wildman–Crippen LogP) is 3.51. The molecule has 1 fully saturated rings. The Bertz CT molecular complexity index is 472. The van der Waals surface area contributed by atoms with Crippen molar-refractivity contribution >= 4 is 15.9 Å². The van der Waals surface area contributed by atoms with E-state index in [0.717, 1.165) is 5.92 Å². The zero-order valence-corrected chi connectivity index (χ0v) is 9.81. The van der Waals surface area contributed by atoms with Crippen LogP contribution in [0.25, 0.3) is 5.69 Å². The predicted molar refractivity (Wildman–Crippen MR) is 63.2 cm³/mol. The van der Waals surface area contributed by atoms with Crippen molar-refractivity contribution in [3.8, 4) is 5.69 Å². The minimum absolute atomic E-state index is 0.767. The summed E-state index contributed by atoms with van der Waals surface area (Å²) in [6.45, 7) is 0. The molecule has 0 saturated heterocycles. The van der Waals surface area contributed by atoms with Gasteiger partial charge >= 0.3 is 0 Å². The minimum Gasteiger partial charge on any atom is -0.306 e. The van der Waals surface area contributed by atoms with Gasteiger partial charge < -0.3 is 4.57 Å². The Labute approximate surface area is 97.1 Å². The summed E-state index contributed by atoms with van der Waals surface area (Å²) in [5.41, 5.74) is 2.62. The van der Waals surface area contributed by atoms with Gasteiger partial charge in [0.15, 0.2) is 0 Å². The SMILES string of the molecule is Brc1ccc(-n2ccnc2)cc1C1CC1. The van der Waals surface area contributed by atoms with E-state index in [4.69, 9.17) is 0 Å². The van der Waals surface area contributed by atoms with Crippen molar-refractivity contribution in [1.29, 1.82) is 0 Å². The maximum atomic E-state index is 4.06. The molecule has 0 spiro atoms. The van der Waals surface area contributed by atoms with Crippen molar-refractivity contribution < 1.29 is 0 Å². The van der Waals surface area contributed by atoms with Gasteiger partial charge in [0.05, 0.1) is 6.33 Å². The summed E-state index contributed by atoms with van der Waals surface area (Å²) in [6.07, 6.45) is 8.26. The standard InChI is InChI=1S/C12H11BrN2/c13-12-4-3-10(15-6-5-14-8-15)7-11(12)9-1-2-9/h3-9H,1-2H2. The summed E-state index contributed by atoms with van der Waals surface area (Å²) in [5.74, 6) is 0.767. The molecular weight excluding hydrogens is 252 g/mol. The molecule has 0 amide bonds. The van der Waals surface area contributed by atoms with E-state index in [-0.39, 0.29) is 0 Å². The molecule has 0 aliphatic heterocycles. The van der Waals surface area contributed by atoms with Crippen LogP contribution in [0.5, 0.6) is 0 Å². The lowest BCUT2D eigenvalue weighted by molar-refractivity contribution is 1.03. The summed E-state index contributed by atoms with van der Waals surface area (Å²) in [5, 5.41) is 0. The van der Waals surface area contributed by atoms with Crippen molar-refractivity contribution in [1.82, 2.24) is 9.55 Å².